The average molecular weight is 467 g/mol. The highest BCUT2D eigenvalue weighted by atomic mass is 35.5. The fourth-order valence-electron chi connectivity index (χ4n) is 3.38. The van der Waals surface area contributed by atoms with Gasteiger partial charge in [0, 0.05) is 25.3 Å². The number of sulfonamides is 1. The predicted octanol–water partition coefficient (Wildman–Crippen LogP) is 4.69. The standard InChI is InChI=1S/C20H22F4N2O2S.ClH/c21-10-1-11-26-12-8-15-2-5-18(14-16(15)9-13-26)25-29(27,28)19-6-3-17(4-7-19)20(22,23)24;/h2-7,14,25H,1,8-13H2;1H. The molecule has 2 aromatic carbocycles. The van der Waals surface area contributed by atoms with Crippen LogP contribution in [-0.2, 0) is 29.0 Å². The van der Waals surface area contributed by atoms with Crippen LogP contribution < -0.4 is 4.72 Å². The van der Waals surface area contributed by atoms with E-state index >= 15 is 0 Å². The molecule has 0 saturated heterocycles. The lowest BCUT2D eigenvalue weighted by Crippen LogP contribution is -2.27. The molecule has 30 heavy (non-hydrogen) atoms. The highest BCUT2D eigenvalue weighted by molar-refractivity contribution is 7.92. The number of fused-ring (bicyclic) bond motifs is 1. The van der Waals surface area contributed by atoms with Crippen molar-refractivity contribution in [2.75, 3.05) is 31.0 Å². The normalized spacial score (nSPS) is 15.1. The first-order valence-electron chi connectivity index (χ1n) is 9.29. The van der Waals surface area contributed by atoms with E-state index in [9.17, 15) is 26.0 Å². The number of benzene rings is 2. The minimum Gasteiger partial charge on any atom is -0.303 e. The van der Waals surface area contributed by atoms with E-state index in [1.54, 1.807) is 12.1 Å². The van der Waals surface area contributed by atoms with Crippen LogP contribution in [0.1, 0.15) is 23.1 Å². The molecule has 2 aromatic rings. The highest BCUT2D eigenvalue weighted by Gasteiger charge is 2.30. The maximum Gasteiger partial charge on any atom is 0.416 e. The summed E-state index contributed by atoms with van der Waals surface area (Å²) in [6, 6.07) is 8.65. The van der Waals surface area contributed by atoms with Gasteiger partial charge in [0.2, 0.25) is 0 Å². The minimum atomic E-state index is -4.52. The molecular formula is C20H23ClF4N2O2S. The molecule has 0 aromatic heterocycles. The maximum atomic E-state index is 12.7. The lowest BCUT2D eigenvalue weighted by atomic mass is 10.0. The first kappa shape index (κ1) is 24.4. The maximum absolute atomic E-state index is 12.7. The number of nitrogens with one attached hydrogen (secondary N) is 1. The second-order valence-corrected chi connectivity index (χ2v) is 8.68. The first-order valence-corrected chi connectivity index (χ1v) is 10.8. The van der Waals surface area contributed by atoms with Gasteiger partial charge in [0.25, 0.3) is 10.0 Å². The van der Waals surface area contributed by atoms with E-state index < -0.39 is 21.8 Å². The molecule has 1 aliphatic heterocycles. The molecular weight excluding hydrogens is 444 g/mol. The van der Waals surface area contributed by atoms with Crippen LogP contribution in [-0.4, -0.2) is 39.6 Å². The Labute approximate surface area is 179 Å². The topological polar surface area (TPSA) is 49.4 Å². The number of halogens is 5. The zero-order valence-corrected chi connectivity index (χ0v) is 17.7. The Bertz CT molecular complexity index is 950. The van der Waals surface area contributed by atoms with Crippen molar-refractivity contribution in [2.45, 2.75) is 30.3 Å². The van der Waals surface area contributed by atoms with E-state index in [1.165, 1.54) is 0 Å². The van der Waals surface area contributed by atoms with Crippen LogP contribution in [0.5, 0.6) is 0 Å². The summed E-state index contributed by atoms with van der Waals surface area (Å²) in [6.45, 7) is 1.93. The van der Waals surface area contributed by atoms with Gasteiger partial charge in [0.1, 0.15) is 0 Å². The van der Waals surface area contributed by atoms with Crippen LogP contribution in [0.4, 0.5) is 23.2 Å². The SMILES string of the molecule is Cl.O=S(=O)(Nc1ccc2c(c1)CCN(CCCF)CC2)c1ccc(C(F)(F)F)cc1. The molecule has 1 N–H and O–H groups in total. The van der Waals surface area contributed by atoms with E-state index in [-0.39, 0.29) is 24.0 Å². The third-order valence-corrected chi connectivity index (χ3v) is 6.35. The Morgan fingerprint density at radius 1 is 0.967 bits per heavy atom. The van der Waals surface area contributed by atoms with Gasteiger partial charge in [-0.15, -0.1) is 12.4 Å². The van der Waals surface area contributed by atoms with Gasteiger partial charge < -0.3 is 4.90 Å². The summed E-state index contributed by atoms with van der Waals surface area (Å²) >= 11 is 0. The summed E-state index contributed by atoms with van der Waals surface area (Å²) in [5.74, 6) is 0. The molecule has 10 heteroatoms. The predicted molar refractivity (Wildman–Crippen MR) is 110 cm³/mol. The molecule has 0 atom stereocenters. The second-order valence-electron chi connectivity index (χ2n) is 7.00. The Morgan fingerprint density at radius 2 is 1.60 bits per heavy atom. The lowest BCUT2D eigenvalue weighted by molar-refractivity contribution is -0.137. The van der Waals surface area contributed by atoms with Crippen LogP contribution in [0.25, 0.3) is 0 Å². The second kappa shape index (κ2) is 9.98. The van der Waals surface area contributed by atoms with Crippen molar-refractivity contribution < 1.29 is 26.0 Å². The Kier molecular flexibility index (Phi) is 8.13. The van der Waals surface area contributed by atoms with Crippen molar-refractivity contribution in [3.05, 3.63) is 59.2 Å². The fraction of sp³-hybridized carbons (Fsp3) is 0.400. The number of hydrogen-bond acceptors (Lipinski definition) is 3. The van der Waals surface area contributed by atoms with Crippen molar-refractivity contribution in [3.8, 4) is 0 Å². The number of nitrogens with zero attached hydrogens (tertiary/aromatic N) is 1. The molecule has 0 bridgehead atoms. The third kappa shape index (κ3) is 6.09. The fourth-order valence-corrected chi connectivity index (χ4v) is 4.43. The van der Waals surface area contributed by atoms with Gasteiger partial charge in [-0.2, -0.15) is 13.2 Å². The Hall–Kier alpha value is -1.84. The molecule has 0 fully saturated rings. The van der Waals surface area contributed by atoms with Crippen molar-refractivity contribution in [1.82, 2.24) is 4.90 Å². The molecule has 4 nitrogen and oxygen atoms in total. The van der Waals surface area contributed by atoms with Crippen molar-refractivity contribution in [1.29, 1.82) is 0 Å². The molecule has 0 amide bonds. The summed E-state index contributed by atoms with van der Waals surface area (Å²) in [4.78, 5) is 1.95. The van der Waals surface area contributed by atoms with Crippen LogP contribution in [0, 0.1) is 0 Å². The van der Waals surface area contributed by atoms with Gasteiger partial charge in [-0.1, -0.05) is 6.07 Å². The zero-order valence-electron chi connectivity index (χ0n) is 16.1. The number of hydrogen-bond donors (Lipinski definition) is 1. The minimum absolute atomic E-state index is 0. The van der Waals surface area contributed by atoms with Crippen LogP contribution in [0.2, 0.25) is 0 Å². The molecule has 0 unspecified atom stereocenters. The molecule has 166 valence electrons. The van der Waals surface area contributed by atoms with Gasteiger partial charge in [0.15, 0.2) is 0 Å². The number of anilines is 1. The lowest BCUT2D eigenvalue weighted by Gasteiger charge is -2.18. The van der Waals surface area contributed by atoms with Crippen LogP contribution in [0.3, 0.4) is 0 Å². The number of rotatable bonds is 6. The van der Waals surface area contributed by atoms with Gasteiger partial charge in [0.05, 0.1) is 17.1 Å². The summed E-state index contributed by atoms with van der Waals surface area (Å²) < 4.78 is 77.9. The summed E-state index contributed by atoms with van der Waals surface area (Å²) in [5.41, 5.74) is 1.59. The molecule has 3 rings (SSSR count). The third-order valence-electron chi connectivity index (χ3n) is 4.95. The molecule has 0 spiro atoms. The van der Waals surface area contributed by atoms with Gasteiger partial charge in [-0.3, -0.25) is 9.11 Å². The summed E-state index contributed by atoms with van der Waals surface area (Å²) in [5, 5.41) is 0. The van der Waals surface area contributed by atoms with Gasteiger partial charge in [-0.05, 0) is 66.8 Å². The van der Waals surface area contributed by atoms with Crippen molar-refractivity contribution in [3.63, 3.8) is 0 Å². The van der Waals surface area contributed by atoms with Crippen molar-refractivity contribution >= 4 is 28.1 Å². The van der Waals surface area contributed by atoms with E-state index in [2.05, 4.69) is 9.62 Å². The van der Waals surface area contributed by atoms with Gasteiger partial charge >= 0.3 is 6.18 Å². The van der Waals surface area contributed by atoms with E-state index in [4.69, 9.17) is 0 Å². The Balaban J connectivity index is 0.00000320. The molecule has 1 aliphatic rings. The monoisotopic (exact) mass is 466 g/mol. The van der Waals surface area contributed by atoms with Gasteiger partial charge in [-0.25, -0.2) is 8.42 Å². The zero-order chi connectivity index (χ0) is 21.1. The quantitative estimate of drug-likeness (QED) is 0.628. The van der Waals surface area contributed by atoms with E-state index in [1.807, 2.05) is 6.07 Å². The van der Waals surface area contributed by atoms with Crippen LogP contribution >= 0.6 is 12.4 Å². The highest BCUT2D eigenvalue weighted by Crippen LogP contribution is 2.30. The van der Waals surface area contributed by atoms with Crippen molar-refractivity contribution in [2.24, 2.45) is 0 Å². The smallest absolute Gasteiger partial charge is 0.303 e. The summed E-state index contributed by atoms with van der Waals surface area (Å²) in [6.07, 6.45) is -2.51. The molecule has 0 saturated carbocycles. The van der Waals surface area contributed by atoms with E-state index in [0.717, 1.165) is 61.3 Å². The largest absolute Gasteiger partial charge is 0.416 e. The number of alkyl halides is 4. The molecule has 0 radical (unpaired) electrons. The van der Waals surface area contributed by atoms with E-state index in [0.29, 0.717) is 18.7 Å². The summed E-state index contributed by atoms with van der Waals surface area (Å²) in [7, 11) is -4.00. The Morgan fingerprint density at radius 3 is 2.20 bits per heavy atom. The average Bonchev–Trinajstić information content (AvgIpc) is 2.87. The first-order chi connectivity index (χ1) is 13.7. The molecule has 1 heterocycles. The van der Waals surface area contributed by atoms with Crippen LogP contribution in [0.15, 0.2) is 47.4 Å². The molecule has 0 aliphatic carbocycles.